The zero-order valence-corrected chi connectivity index (χ0v) is 13.7. The summed E-state index contributed by atoms with van der Waals surface area (Å²) in [5, 5.41) is 11.6. The molecule has 0 aliphatic heterocycles. The maximum atomic E-state index is 12.0. The average Bonchev–Trinajstić information content (AvgIpc) is 2.50. The van der Waals surface area contributed by atoms with Crippen LogP contribution in [0.1, 0.15) is 38.7 Å². The Hall–Kier alpha value is -2.37. The standard InChI is InChI=1S/C17H24N2O4/c1-3-19(4-2)16(21)11-7-10-15(20)18-14-9-6-5-8-13(14)12-17(22)23/h5-6,8-9H,3-4,7,10-12H2,1-2H3,(H,18,20)(H,22,23). The van der Waals surface area contributed by atoms with Crippen molar-refractivity contribution in [2.45, 2.75) is 39.5 Å². The zero-order valence-electron chi connectivity index (χ0n) is 13.7. The number of hydrogen-bond acceptors (Lipinski definition) is 3. The molecule has 0 aliphatic carbocycles. The van der Waals surface area contributed by atoms with E-state index in [1.807, 2.05) is 13.8 Å². The second kappa shape index (κ2) is 9.61. The Balaban J connectivity index is 2.48. The number of rotatable bonds is 9. The minimum absolute atomic E-state index is 0.0501. The van der Waals surface area contributed by atoms with Gasteiger partial charge in [0.15, 0.2) is 0 Å². The van der Waals surface area contributed by atoms with Crippen LogP contribution in [0, 0.1) is 0 Å². The van der Waals surface area contributed by atoms with Crippen LogP contribution in [0.2, 0.25) is 0 Å². The molecule has 126 valence electrons. The number of nitrogens with zero attached hydrogens (tertiary/aromatic N) is 1. The van der Waals surface area contributed by atoms with E-state index in [-0.39, 0.29) is 24.7 Å². The summed E-state index contributed by atoms with van der Waals surface area (Å²) in [5.74, 6) is -1.11. The number of carbonyl (C=O) groups is 3. The van der Waals surface area contributed by atoms with Crippen molar-refractivity contribution in [2.75, 3.05) is 18.4 Å². The van der Waals surface area contributed by atoms with E-state index >= 15 is 0 Å². The van der Waals surface area contributed by atoms with Gasteiger partial charge in [-0.1, -0.05) is 18.2 Å². The summed E-state index contributed by atoms with van der Waals surface area (Å²) in [7, 11) is 0. The Labute approximate surface area is 136 Å². The molecule has 0 unspecified atom stereocenters. The smallest absolute Gasteiger partial charge is 0.307 e. The third-order valence-electron chi connectivity index (χ3n) is 3.54. The molecule has 23 heavy (non-hydrogen) atoms. The first-order chi connectivity index (χ1) is 11.0. The van der Waals surface area contributed by atoms with Gasteiger partial charge in [-0.2, -0.15) is 0 Å². The molecular formula is C17H24N2O4. The molecule has 0 fully saturated rings. The van der Waals surface area contributed by atoms with Gasteiger partial charge in [-0.05, 0) is 31.9 Å². The molecule has 1 aromatic carbocycles. The van der Waals surface area contributed by atoms with Gasteiger partial charge in [0.25, 0.3) is 0 Å². The molecule has 1 rings (SSSR count). The SMILES string of the molecule is CCN(CC)C(=O)CCCC(=O)Nc1ccccc1CC(=O)O. The largest absolute Gasteiger partial charge is 0.481 e. The van der Waals surface area contributed by atoms with Crippen molar-refractivity contribution in [3.05, 3.63) is 29.8 Å². The Morgan fingerprint density at radius 1 is 1.09 bits per heavy atom. The van der Waals surface area contributed by atoms with Crippen molar-refractivity contribution in [3.8, 4) is 0 Å². The van der Waals surface area contributed by atoms with Gasteiger partial charge in [-0.25, -0.2) is 0 Å². The molecule has 0 aromatic heterocycles. The summed E-state index contributed by atoms with van der Waals surface area (Å²) in [6.45, 7) is 5.19. The molecule has 0 bridgehead atoms. The van der Waals surface area contributed by atoms with Gasteiger partial charge in [0, 0.05) is 31.6 Å². The van der Waals surface area contributed by atoms with Crippen LogP contribution in [0.3, 0.4) is 0 Å². The Kier molecular flexibility index (Phi) is 7.80. The van der Waals surface area contributed by atoms with E-state index in [1.54, 1.807) is 29.2 Å². The number of amides is 2. The van der Waals surface area contributed by atoms with Crippen LogP contribution in [0.25, 0.3) is 0 Å². The zero-order chi connectivity index (χ0) is 17.2. The van der Waals surface area contributed by atoms with Crippen LogP contribution >= 0.6 is 0 Å². The van der Waals surface area contributed by atoms with Crippen LogP contribution in [0.4, 0.5) is 5.69 Å². The van der Waals surface area contributed by atoms with E-state index in [0.717, 1.165) is 0 Å². The minimum Gasteiger partial charge on any atom is -0.481 e. The van der Waals surface area contributed by atoms with Gasteiger partial charge in [-0.15, -0.1) is 0 Å². The number of benzene rings is 1. The summed E-state index contributed by atoms with van der Waals surface area (Å²) < 4.78 is 0. The van der Waals surface area contributed by atoms with Gasteiger partial charge in [0.2, 0.25) is 11.8 Å². The van der Waals surface area contributed by atoms with Crippen LogP contribution in [-0.4, -0.2) is 40.9 Å². The highest BCUT2D eigenvalue weighted by Gasteiger charge is 2.12. The van der Waals surface area contributed by atoms with E-state index in [9.17, 15) is 14.4 Å². The monoisotopic (exact) mass is 320 g/mol. The van der Waals surface area contributed by atoms with Crippen molar-refractivity contribution in [3.63, 3.8) is 0 Å². The topological polar surface area (TPSA) is 86.7 Å². The summed E-state index contributed by atoms with van der Waals surface area (Å²) in [6.07, 6.45) is 0.902. The maximum absolute atomic E-state index is 12.0. The first kappa shape index (κ1) is 18.7. The number of aliphatic carboxylic acids is 1. The van der Waals surface area contributed by atoms with Gasteiger partial charge >= 0.3 is 5.97 Å². The summed E-state index contributed by atoms with van der Waals surface area (Å²) in [4.78, 5) is 36.4. The lowest BCUT2D eigenvalue weighted by Crippen LogP contribution is -2.30. The molecule has 6 heteroatoms. The highest BCUT2D eigenvalue weighted by molar-refractivity contribution is 5.92. The Morgan fingerprint density at radius 3 is 2.35 bits per heavy atom. The molecule has 0 radical (unpaired) electrons. The third-order valence-corrected chi connectivity index (χ3v) is 3.54. The lowest BCUT2D eigenvalue weighted by molar-refractivity contribution is -0.136. The number of carbonyl (C=O) groups excluding carboxylic acids is 2. The quantitative estimate of drug-likeness (QED) is 0.731. The van der Waals surface area contributed by atoms with Crippen LogP contribution in [0.5, 0.6) is 0 Å². The highest BCUT2D eigenvalue weighted by Crippen LogP contribution is 2.16. The van der Waals surface area contributed by atoms with Gasteiger partial charge in [0.05, 0.1) is 6.42 Å². The maximum Gasteiger partial charge on any atom is 0.307 e. The molecular weight excluding hydrogens is 296 g/mol. The number of para-hydroxylation sites is 1. The van der Waals surface area contributed by atoms with Crippen molar-refractivity contribution in [1.29, 1.82) is 0 Å². The van der Waals surface area contributed by atoms with Crippen molar-refractivity contribution >= 4 is 23.5 Å². The number of hydrogen-bond donors (Lipinski definition) is 2. The summed E-state index contributed by atoms with van der Waals surface area (Å²) >= 11 is 0. The lowest BCUT2D eigenvalue weighted by atomic mass is 10.1. The lowest BCUT2D eigenvalue weighted by Gasteiger charge is -2.18. The minimum atomic E-state index is -0.948. The van der Waals surface area contributed by atoms with Gasteiger partial charge in [0.1, 0.15) is 0 Å². The fourth-order valence-electron chi connectivity index (χ4n) is 2.31. The van der Waals surface area contributed by atoms with Gasteiger partial charge < -0.3 is 15.3 Å². The Bertz CT molecular complexity index is 553. The van der Waals surface area contributed by atoms with Crippen molar-refractivity contribution in [2.24, 2.45) is 0 Å². The molecule has 0 atom stereocenters. The normalized spacial score (nSPS) is 10.2. The first-order valence-electron chi connectivity index (χ1n) is 7.85. The second-order valence-electron chi connectivity index (χ2n) is 5.20. The molecule has 6 nitrogen and oxygen atoms in total. The predicted octanol–water partition coefficient (Wildman–Crippen LogP) is 2.29. The average molecular weight is 320 g/mol. The van der Waals surface area contributed by atoms with Crippen LogP contribution in [0.15, 0.2) is 24.3 Å². The highest BCUT2D eigenvalue weighted by atomic mass is 16.4. The molecule has 0 saturated heterocycles. The summed E-state index contributed by atoms with van der Waals surface area (Å²) in [5.41, 5.74) is 1.07. The number of anilines is 1. The van der Waals surface area contributed by atoms with E-state index in [4.69, 9.17) is 5.11 Å². The summed E-state index contributed by atoms with van der Waals surface area (Å²) in [6, 6.07) is 6.83. The molecule has 2 amide bonds. The number of nitrogens with one attached hydrogen (secondary N) is 1. The van der Waals surface area contributed by atoms with Gasteiger partial charge in [-0.3, -0.25) is 14.4 Å². The molecule has 2 N–H and O–H groups in total. The molecule has 1 aromatic rings. The Morgan fingerprint density at radius 2 is 1.74 bits per heavy atom. The fraction of sp³-hybridized carbons (Fsp3) is 0.471. The van der Waals surface area contributed by atoms with Crippen molar-refractivity contribution in [1.82, 2.24) is 4.90 Å². The van der Waals surface area contributed by atoms with E-state index in [0.29, 0.717) is 37.2 Å². The number of carboxylic acid groups (broad SMARTS) is 1. The molecule has 0 heterocycles. The second-order valence-corrected chi connectivity index (χ2v) is 5.20. The molecule has 0 aliphatic rings. The van der Waals surface area contributed by atoms with Crippen molar-refractivity contribution < 1.29 is 19.5 Å². The van der Waals surface area contributed by atoms with Crippen LogP contribution < -0.4 is 5.32 Å². The van der Waals surface area contributed by atoms with E-state index in [2.05, 4.69) is 5.32 Å². The number of carboxylic acids is 1. The third kappa shape index (κ3) is 6.50. The molecule has 0 spiro atoms. The van der Waals surface area contributed by atoms with E-state index in [1.165, 1.54) is 0 Å². The first-order valence-corrected chi connectivity index (χ1v) is 7.85. The van der Waals surface area contributed by atoms with Crippen LogP contribution in [-0.2, 0) is 20.8 Å². The molecule has 0 saturated carbocycles. The van der Waals surface area contributed by atoms with E-state index < -0.39 is 5.97 Å². The fourth-order valence-corrected chi connectivity index (χ4v) is 2.31. The predicted molar refractivity (Wildman–Crippen MR) is 88.2 cm³/mol.